The quantitative estimate of drug-likeness (QED) is 0.752. The van der Waals surface area contributed by atoms with Crippen molar-refractivity contribution in [1.29, 1.82) is 0 Å². The molecule has 1 heterocycles. The maximum absolute atomic E-state index is 13.0. The Morgan fingerprint density at radius 2 is 1.85 bits per heavy atom. The van der Waals surface area contributed by atoms with Gasteiger partial charge in [0, 0.05) is 19.1 Å². The lowest BCUT2D eigenvalue weighted by Gasteiger charge is -2.29. The maximum Gasteiger partial charge on any atom is 0.243 e. The van der Waals surface area contributed by atoms with Crippen LogP contribution in [0.4, 0.5) is 0 Å². The van der Waals surface area contributed by atoms with E-state index in [4.69, 9.17) is 5.73 Å². The van der Waals surface area contributed by atoms with Crippen LogP contribution in [0.15, 0.2) is 28.0 Å². The summed E-state index contributed by atoms with van der Waals surface area (Å²) in [5.41, 5.74) is 6.58. The number of hydrogen-bond donors (Lipinski definition) is 2. The third-order valence-corrected chi connectivity index (χ3v) is 8.87. The molecule has 1 aliphatic heterocycles. The molecule has 2 aliphatic rings. The van der Waals surface area contributed by atoms with Crippen LogP contribution in [-0.2, 0) is 20.0 Å². The van der Waals surface area contributed by atoms with E-state index in [2.05, 4.69) is 4.72 Å². The van der Waals surface area contributed by atoms with E-state index >= 15 is 0 Å². The summed E-state index contributed by atoms with van der Waals surface area (Å²) < 4.78 is 53.7. The molecule has 0 spiro atoms. The van der Waals surface area contributed by atoms with Gasteiger partial charge in [-0.25, -0.2) is 21.6 Å². The van der Waals surface area contributed by atoms with Crippen molar-refractivity contribution in [3.05, 3.63) is 23.8 Å². The van der Waals surface area contributed by atoms with Crippen molar-refractivity contribution in [3.63, 3.8) is 0 Å². The second kappa shape index (κ2) is 7.73. The normalized spacial score (nSPS) is 27.0. The molecular formula is C16H26ClN3O4S2. The Kier molecular flexibility index (Phi) is 6.42. The number of aryl methyl sites for hydroxylation is 1. The Morgan fingerprint density at radius 1 is 1.15 bits per heavy atom. The number of rotatable bonds is 4. The monoisotopic (exact) mass is 423 g/mol. The number of halogens is 1. The molecule has 3 atom stereocenters. The van der Waals surface area contributed by atoms with Crippen molar-refractivity contribution in [2.75, 3.05) is 20.1 Å². The summed E-state index contributed by atoms with van der Waals surface area (Å²) in [6.45, 7) is 2.54. The fraction of sp³-hybridized carbons (Fsp3) is 0.625. The molecule has 2 fully saturated rings. The van der Waals surface area contributed by atoms with E-state index in [0.717, 1.165) is 19.3 Å². The molecule has 26 heavy (non-hydrogen) atoms. The molecule has 148 valence electrons. The summed E-state index contributed by atoms with van der Waals surface area (Å²) in [5, 5.41) is 0. The van der Waals surface area contributed by atoms with Crippen LogP contribution >= 0.6 is 12.4 Å². The molecular weight excluding hydrogens is 398 g/mol. The highest BCUT2D eigenvalue weighted by molar-refractivity contribution is 7.89. The average Bonchev–Trinajstić information content (AvgIpc) is 3.01. The van der Waals surface area contributed by atoms with Gasteiger partial charge in [0.1, 0.15) is 0 Å². The molecule has 10 heteroatoms. The molecule has 7 nitrogen and oxygen atoms in total. The summed E-state index contributed by atoms with van der Waals surface area (Å²) >= 11 is 0. The lowest BCUT2D eigenvalue weighted by molar-refractivity contribution is 0.260. The van der Waals surface area contributed by atoms with Gasteiger partial charge >= 0.3 is 0 Å². The Morgan fingerprint density at radius 3 is 2.42 bits per heavy atom. The molecule has 0 bridgehead atoms. The Bertz CT molecular complexity index is 873. The van der Waals surface area contributed by atoms with Crippen LogP contribution < -0.4 is 10.5 Å². The zero-order valence-electron chi connectivity index (χ0n) is 14.9. The molecule has 0 amide bonds. The Hall–Kier alpha value is -0.710. The van der Waals surface area contributed by atoms with Crippen molar-refractivity contribution >= 4 is 32.5 Å². The van der Waals surface area contributed by atoms with E-state index in [0.29, 0.717) is 24.6 Å². The van der Waals surface area contributed by atoms with E-state index in [1.165, 1.54) is 29.6 Å². The van der Waals surface area contributed by atoms with Crippen molar-refractivity contribution in [1.82, 2.24) is 9.03 Å². The van der Waals surface area contributed by atoms with Crippen molar-refractivity contribution in [2.24, 2.45) is 17.6 Å². The summed E-state index contributed by atoms with van der Waals surface area (Å²) in [5.74, 6) is 0.539. The van der Waals surface area contributed by atoms with Crippen LogP contribution in [-0.4, -0.2) is 47.3 Å². The SMILES string of the molecule is CNS(=O)(=O)c1ccc(S(=O)(=O)N2CC3CCCC(N)C3C2)cc1C.Cl. The fourth-order valence-electron chi connectivity index (χ4n) is 4.02. The highest BCUT2D eigenvalue weighted by Gasteiger charge is 2.43. The minimum absolute atomic E-state index is 0. The molecule has 3 unspecified atom stereocenters. The number of hydrogen-bond acceptors (Lipinski definition) is 5. The number of sulfonamides is 2. The van der Waals surface area contributed by atoms with Gasteiger partial charge in [0.25, 0.3) is 0 Å². The molecule has 1 saturated carbocycles. The van der Waals surface area contributed by atoms with Crippen molar-refractivity contribution in [3.8, 4) is 0 Å². The van der Waals surface area contributed by atoms with Gasteiger partial charge < -0.3 is 5.73 Å². The third kappa shape index (κ3) is 3.79. The highest BCUT2D eigenvalue weighted by Crippen LogP contribution is 2.38. The van der Waals surface area contributed by atoms with Gasteiger partial charge in [-0.1, -0.05) is 6.42 Å². The summed E-state index contributed by atoms with van der Waals surface area (Å²) in [4.78, 5) is 0.221. The average molecular weight is 424 g/mol. The molecule has 3 rings (SSSR count). The van der Waals surface area contributed by atoms with Crippen LogP contribution in [0.5, 0.6) is 0 Å². The third-order valence-electron chi connectivity index (χ3n) is 5.46. The molecule has 1 saturated heterocycles. The minimum Gasteiger partial charge on any atom is -0.327 e. The van der Waals surface area contributed by atoms with Gasteiger partial charge in [-0.15, -0.1) is 12.4 Å². The van der Waals surface area contributed by atoms with E-state index in [1.807, 2.05) is 0 Å². The first-order valence-electron chi connectivity index (χ1n) is 8.47. The predicted molar refractivity (Wildman–Crippen MR) is 102 cm³/mol. The highest BCUT2D eigenvalue weighted by atomic mass is 35.5. The zero-order chi connectivity index (χ0) is 18.4. The number of benzene rings is 1. The smallest absolute Gasteiger partial charge is 0.243 e. The van der Waals surface area contributed by atoms with Crippen LogP contribution in [0, 0.1) is 18.8 Å². The van der Waals surface area contributed by atoms with E-state index in [9.17, 15) is 16.8 Å². The lowest BCUT2D eigenvalue weighted by Crippen LogP contribution is -2.38. The molecule has 0 radical (unpaired) electrons. The number of fused-ring (bicyclic) bond motifs is 1. The number of nitrogens with one attached hydrogen (secondary N) is 1. The van der Waals surface area contributed by atoms with Gasteiger partial charge in [-0.05, 0) is 62.4 Å². The second-order valence-corrected chi connectivity index (χ2v) is 10.8. The van der Waals surface area contributed by atoms with E-state index in [-0.39, 0.29) is 34.2 Å². The van der Waals surface area contributed by atoms with Crippen LogP contribution in [0.1, 0.15) is 24.8 Å². The van der Waals surface area contributed by atoms with Crippen molar-refractivity contribution in [2.45, 2.75) is 42.0 Å². The van der Waals surface area contributed by atoms with Gasteiger partial charge in [0.15, 0.2) is 0 Å². The first kappa shape index (κ1) is 21.6. The zero-order valence-corrected chi connectivity index (χ0v) is 17.3. The molecule has 1 aromatic rings. The minimum atomic E-state index is -3.65. The first-order chi connectivity index (χ1) is 11.7. The predicted octanol–water partition coefficient (Wildman–Crippen LogP) is 1.07. The number of nitrogens with zero attached hydrogens (tertiary/aromatic N) is 1. The van der Waals surface area contributed by atoms with Crippen LogP contribution in [0.3, 0.4) is 0 Å². The molecule has 3 N–H and O–H groups in total. The van der Waals surface area contributed by atoms with Gasteiger partial charge in [-0.3, -0.25) is 0 Å². The standard InChI is InChI=1S/C16H25N3O4S2.ClH/c1-11-8-13(6-7-16(11)24(20,21)18-2)25(22,23)19-9-12-4-3-5-15(17)14(12)10-19;/h6-8,12,14-15,18H,3-5,9-10,17H2,1-2H3;1H. The van der Waals surface area contributed by atoms with Crippen LogP contribution in [0.25, 0.3) is 0 Å². The topological polar surface area (TPSA) is 110 Å². The van der Waals surface area contributed by atoms with E-state index in [1.54, 1.807) is 6.92 Å². The van der Waals surface area contributed by atoms with Crippen molar-refractivity contribution < 1.29 is 16.8 Å². The molecule has 1 aromatic carbocycles. The Balaban J connectivity index is 0.00000243. The molecule has 0 aromatic heterocycles. The van der Waals surface area contributed by atoms with Gasteiger partial charge in [-0.2, -0.15) is 4.31 Å². The Labute approximate surface area is 161 Å². The maximum atomic E-state index is 13.0. The van der Waals surface area contributed by atoms with E-state index < -0.39 is 20.0 Å². The van der Waals surface area contributed by atoms with Gasteiger partial charge in [0.05, 0.1) is 9.79 Å². The lowest BCUT2D eigenvalue weighted by atomic mass is 9.78. The first-order valence-corrected chi connectivity index (χ1v) is 11.4. The van der Waals surface area contributed by atoms with Gasteiger partial charge in [0.2, 0.25) is 20.0 Å². The molecule has 1 aliphatic carbocycles. The van der Waals surface area contributed by atoms with Crippen LogP contribution in [0.2, 0.25) is 0 Å². The summed E-state index contributed by atoms with van der Waals surface area (Å²) in [6.07, 6.45) is 3.01. The summed E-state index contributed by atoms with van der Waals surface area (Å²) in [6, 6.07) is 4.21. The number of nitrogens with two attached hydrogens (primary N) is 1. The largest absolute Gasteiger partial charge is 0.327 e. The second-order valence-electron chi connectivity index (χ2n) is 6.98. The fourth-order valence-corrected chi connectivity index (χ4v) is 6.58. The summed E-state index contributed by atoms with van der Waals surface area (Å²) in [7, 11) is -5.93.